The molecule has 0 saturated heterocycles. The smallest absolute Gasteiger partial charge is 0.143 e. The molecule has 0 N–H and O–H groups in total. The van der Waals surface area contributed by atoms with Gasteiger partial charge in [-0.3, -0.25) is 0 Å². The lowest BCUT2D eigenvalue weighted by molar-refractivity contribution is 0.672. The molecule has 8 rings (SSSR count). The normalized spacial score (nSPS) is 11.3. The molecule has 2 heteroatoms. The fraction of sp³-hybridized carbons (Fsp3) is 0. The molecule has 1 heterocycles. The second kappa shape index (κ2) is 10.1. The zero-order valence-corrected chi connectivity index (χ0v) is 22.9. The van der Waals surface area contributed by atoms with E-state index in [0.717, 1.165) is 44.4 Å². The minimum atomic E-state index is 0.876. The minimum Gasteiger partial charge on any atom is -0.455 e. The van der Waals surface area contributed by atoms with E-state index in [9.17, 15) is 0 Å². The van der Waals surface area contributed by atoms with E-state index in [1.54, 1.807) is 0 Å². The van der Waals surface area contributed by atoms with Crippen molar-refractivity contribution in [1.82, 2.24) is 0 Å². The molecule has 0 aliphatic carbocycles. The SMILES string of the molecule is c1ccc(-c2ccc(-c3cc4c(oc5cccc(N(c6ccccc6)c6ccccc6)c54)c4ccccc34)cc2)cc1. The third kappa shape index (κ3) is 4.05. The molecule has 0 radical (unpaired) electrons. The molecule has 0 saturated carbocycles. The van der Waals surface area contributed by atoms with Crippen LogP contribution in [0, 0.1) is 0 Å². The van der Waals surface area contributed by atoms with E-state index in [1.165, 1.54) is 27.6 Å². The second-order valence-corrected chi connectivity index (χ2v) is 10.5. The Labute approximate surface area is 244 Å². The van der Waals surface area contributed by atoms with Gasteiger partial charge in [0.25, 0.3) is 0 Å². The molecule has 0 unspecified atom stereocenters. The fourth-order valence-corrected chi connectivity index (χ4v) is 6.11. The first-order valence-electron chi connectivity index (χ1n) is 14.3. The lowest BCUT2D eigenvalue weighted by atomic mass is 9.93. The van der Waals surface area contributed by atoms with Crippen LogP contribution < -0.4 is 4.90 Å². The number of fused-ring (bicyclic) bond motifs is 5. The van der Waals surface area contributed by atoms with Crippen molar-refractivity contribution in [2.75, 3.05) is 4.90 Å². The number of nitrogens with zero attached hydrogens (tertiary/aromatic N) is 1. The number of hydrogen-bond donors (Lipinski definition) is 0. The summed E-state index contributed by atoms with van der Waals surface area (Å²) in [6.45, 7) is 0. The molecule has 0 amide bonds. The topological polar surface area (TPSA) is 16.4 Å². The second-order valence-electron chi connectivity index (χ2n) is 10.5. The number of benzene rings is 7. The number of hydrogen-bond acceptors (Lipinski definition) is 2. The average Bonchev–Trinajstić information content (AvgIpc) is 3.46. The summed E-state index contributed by atoms with van der Waals surface area (Å²) in [5.74, 6) is 0. The molecular weight excluding hydrogens is 510 g/mol. The standard InChI is InChI=1S/C40H27NO/c1-4-13-28(14-5-1)29-23-25-30(26-24-29)35-27-36-39-37(41(31-15-6-2-7-16-31)32-17-8-3-9-18-32)21-12-22-38(39)42-40(36)34-20-11-10-19-33(34)35/h1-27H. The molecule has 7 aromatic carbocycles. The Hall–Kier alpha value is -5.60. The highest BCUT2D eigenvalue weighted by Gasteiger charge is 2.21. The van der Waals surface area contributed by atoms with Gasteiger partial charge in [0.1, 0.15) is 11.2 Å². The Morgan fingerprint density at radius 2 is 0.952 bits per heavy atom. The highest BCUT2D eigenvalue weighted by atomic mass is 16.3. The summed E-state index contributed by atoms with van der Waals surface area (Å²) < 4.78 is 6.67. The summed E-state index contributed by atoms with van der Waals surface area (Å²) in [6.07, 6.45) is 0. The van der Waals surface area contributed by atoms with E-state index in [0.29, 0.717) is 0 Å². The Kier molecular flexibility index (Phi) is 5.82. The number of rotatable bonds is 5. The van der Waals surface area contributed by atoms with E-state index < -0.39 is 0 Å². The summed E-state index contributed by atoms with van der Waals surface area (Å²) in [5.41, 5.74) is 9.89. The van der Waals surface area contributed by atoms with Crippen LogP contribution in [0.2, 0.25) is 0 Å². The van der Waals surface area contributed by atoms with Crippen LogP contribution in [0.3, 0.4) is 0 Å². The first-order valence-corrected chi connectivity index (χ1v) is 14.3. The van der Waals surface area contributed by atoms with Crippen molar-refractivity contribution in [2.24, 2.45) is 0 Å². The number of anilines is 3. The van der Waals surface area contributed by atoms with Crippen molar-refractivity contribution in [3.05, 3.63) is 164 Å². The van der Waals surface area contributed by atoms with Crippen molar-refractivity contribution in [1.29, 1.82) is 0 Å². The van der Waals surface area contributed by atoms with Crippen LogP contribution in [0.1, 0.15) is 0 Å². The highest BCUT2D eigenvalue weighted by Crippen LogP contribution is 2.46. The zero-order chi connectivity index (χ0) is 27.9. The maximum atomic E-state index is 6.67. The van der Waals surface area contributed by atoms with Gasteiger partial charge in [-0.1, -0.05) is 121 Å². The molecule has 0 bridgehead atoms. The quantitative estimate of drug-likeness (QED) is 0.217. The molecule has 1 aromatic heterocycles. The molecule has 8 aromatic rings. The van der Waals surface area contributed by atoms with Gasteiger partial charge in [-0.05, 0) is 70.1 Å². The zero-order valence-electron chi connectivity index (χ0n) is 22.9. The molecule has 42 heavy (non-hydrogen) atoms. The lowest BCUT2D eigenvalue weighted by Gasteiger charge is -2.26. The van der Waals surface area contributed by atoms with E-state index in [1.807, 2.05) is 0 Å². The van der Waals surface area contributed by atoms with E-state index in [2.05, 4.69) is 169 Å². The third-order valence-electron chi connectivity index (χ3n) is 8.05. The van der Waals surface area contributed by atoms with Gasteiger partial charge in [-0.15, -0.1) is 0 Å². The predicted molar refractivity (Wildman–Crippen MR) is 177 cm³/mol. The lowest BCUT2D eigenvalue weighted by Crippen LogP contribution is -2.09. The van der Waals surface area contributed by atoms with Crippen molar-refractivity contribution in [3.8, 4) is 22.3 Å². The van der Waals surface area contributed by atoms with Crippen LogP contribution in [0.5, 0.6) is 0 Å². The fourth-order valence-electron chi connectivity index (χ4n) is 6.11. The first-order chi connectivity index (χ1) is 20.8. The van der Waals surface area contributed by atoms with E-state index in [-0.39, 0.29) is 0 Å². The van der Waals surface area contributed by atoms with Crippen LogP contribution in [-0.2, 0) is 0 Å². The maximum Gasteiger partial charge on any atom is 0.143 e. The summed E-state index contributed by atoms with van der Waals surface area (Å²) >= 11 is 0. The van der Waals surface area contributed by atoms with Crippen LogP contribution in [-0.4, -0.2) is 0 Å². The van der Waals surface area contributed by atoms with Crippen molar-refractivity contribution in [3.63, 3.8) is 0 Å². The van der Waals surface area contributed by atoms with E-state index >= 15 is 0 Å². The molecule has 0 aliphatic heterocycles. The molecule has 198 valence electrons. The van der Waals surface area contributed by atoms with Gasteiger partial charge in [-0.25, -0.2) is 0 Å². The minimum absolute atomic E-state index is 0.876. The summed E-state index contributed by atoms with van der Waals surface area (Å²) in [6, 6.07) is 57.8. The summed E-state index contributed by atoms with van der Waals surface area (Å²) in [7, 11) is 0. The van der Waals surface area contributed by atoms with Crippen LogP contribution in [0.25, 0.3) is 55.0 Å². The maximum absolute atomic E-state index is 6.67. The Morgan fingerprint density at radius 3 is 1.62 bits per heavy atom. The van der Waals surface area contributed by atoms with Crippen molar-refractivity contribution in [2.45, 2.75) is 0 Å². The number of para-hydroxylation sites is 2. The van der Waals surface area contributed by atoms with Crippen molar-refractivity contribution >= 4 is 49.8 Å². The van der Waals surface area contributed by atoms with Gasteiger partial charge in [0.15, 0.2) is 0 Å². The van der Waals surface area contributed by atoms with Crippen LogP contribution in [0.15, 0.2) is 168 Å². The molecule has 0 fully saturated rings. The Morgan fingerprint density at radius 1 is 0.405 bits per heavy atom. The van der Waals surface area contributed by atoms with Gasteiger partial charge >= 0.3 is 0 Å². The van der Waals surface area contributed by atoms with Gasteiger partial charge in [0.05, 0.1) is 11.1 Å². The Bertz CT molecular complexity index is 2120. The largest absolute Gasteiger partial charge is 0.455 e. The average molecular weight is 538 g/mol. The van der Waals surface area contributed by atoms with Crippen molar-refractivity contribution < 1.29 is 4.42 Å². The molecule has 0 atom stereocenters. The van der Waals surface area contributed by atoms with Gasteiger partial charge in [0, 0.05) is 22.1 Å². The molecule has 2 nitrogen and oxygen atoms in total. The van der Waals surface area contributed by atoms with Gasteiger partial charge < -0.3 is 9.32 Å². The van der Waals surface area contributed by atoms with Crippen LogP contribution >= 0.6 is 0 Å². The number of furan rings is 1. The highest BCUT2D eigenvalue weighted by molar-refractivity contribution is 6.22. The van der Waals surface area contributed by atoms with Crippen LogP contribution in [0.4, 0.5) is 17.1 Å². The summed E-state index contributed by atoms with van der Waals surface area (Å²) in [4.78, 5) is 2.32. The van der Waals surface area contributed by atoms with E-state index in [4.69, 9.17) is 4.42 Å². The Balaban J connectivity index is 1.39. The first kappa shape index (κ1) is 24.2. The van der Waals surface area contributed by atoms with Gasteiger partial charge in [0.2, 0.25) is 0 Å². The summed E-state index contributed by atoms with van der Waals surface area (Å²) in [5, 5.41) is 4.51. The predicted octanol–water partition coefficient (Wildman–Crippen LogP) is 11.5. The molecule has 0 aliphatic rings. The molecule has 0 spiro atoms. The monoisotopic (exact) mass is 537 g/mol. The third-order valence-corrected chi connectivity index (χ3v) is 8.05. The molecular formula is C40H27NO. The van der Waals surface area contributed by atoms with Gasteiger partial charge in [-0.2, -0.15) is 0 Å².